The highest BCUT2D eigenvalue weighted by Gasteiger charge is 2.35. The molecule has 4 nitrogen and oxygen atoms in total. The van der Waals surface area contributed by atoms with E-state index in [-0.39, 0.29) is 0 Å². The maximum atomic E-state index is 12.0. The van der Waals surface area contributed by atoms with E-state index in [1.165, 1.54) is 0 Å². The number of benzene rings is 1. The SMILES string of the molecule is O=S(=O)(/N=C(\[O-])c1cc(I)cc(I)c1I)C1CC1. The van der Waals surface area contributed by atoms with Gasteiger partial charge in [0.1, 0.15) is 0 Å². The Morgan fingerprint density at radius 1 is 1.28 bits per heavy atom. The minimum atomic E-state index is -3.61. The van der Waals surface area contributed by atoms with Gasteiger partial charge in [0.2, 0.25) is 0 Å². The Kier molecular flexibility index (Phi) is 4.80. The maximum Gasteiger partial charge on any atom is 0.255 e. The molecule has 1 aliphatic rings. The molecule has 8 heteroatoms. The van der Waals surface area contributed by atoms with Crippen LogP contribution in [0.5, 0.6) is 0 Å². The van der Waals surface area contributed by atoms with Crippen molar-refractivity contribution >= 4 is 83.7 Å². The molecule has 1 saturated carbocycles. The molecule has 0 aromatic heterocycles. The third-order valence-corrected chi connectivity index (χ3v) is 7.78. The van der Waals surface area contributed by atoms with Crippen molar-refractivity contribution in [1.82, 2.24) is 0 Å². The van der Waals surface area contributed by atoms with Crippen molar-refractivity contribution in [3.63, 3.8) is 0 Å². The second kappa shape index (κ2) is 5.68. The first-order chi connectivity index (χ1) is 8.31. The van der Waals surface area contributed by atoms with Crippen molar-refractivity contribution in [3.05, 3.63) is 28.4 Å². The van der Waals surface area contributed by atoms with Crippen LogP contribution in [0.1, 0.15) is 18.4 Å². The average molecular weight is 602 g/mol. The molecule has 0 bridgehead atoms. The topological polar surface area (TPSA) is 69.6 Å². The Balaban J connectivity index is 2.46. The van der Waals surface area contributed by atoms with Gasteiger partial charge in [-0.25, -0.2) is 8.42 Å². The zero-order valence-electron chi connectivity index (χ0n) is 8.86. The highest BCUT2D eigenvalue weighted by molar-refractivity contribution is 14.1. The maximum absolute atomic E-state index is 12.0. The monoisotopic (exact) mass is 602 g/mol. The summed E-state index contributed by atoms with van der Waals surface area (Å²) in [5.74, 6) is -0.664. The van der Waals surface area contributed by atoms with Gasteiger partial charge in [-0.1, -0.05) is 0 Å². The number of hydrogen-bond donors (Lipinski definition) is 0. The van der Waals surface area contributed by atoms with Crippen LogP contribution in [0.15, 0.2) is 16.5 Å². The van der Waals surface area contributed by atoms with E-state index in [0.717, 1.165) is 10.7 Å². The molecule has 0 spiro atoms. The summed E-state index contributed by atoms with van der Waals surface area (Å²) in [6.07, 6.45) is 1.22. The Bertz CT molecular complexity index is 624. The van der Waals surface area contributed by atoms with E-state index in [4.69, 9.17) is 0 Å². The van der Waals surface area contributed by atoms with E-state index in [2.05, 4.69) is 49.6 Å². The van der Waals surface area contributed by atoms with E-state index >= 15 is 0 Å². The lowest BCUT2D eigenvalue weighted by Gasteiger charge is -2.14. The van der Waals surface area contributed by atoms with Gasteiger partial charge in [-0.3, -0.25) is 0 Å². The number of sulfonamides is 1. The molecular weight excluding hydrogens is 595 g/mol. The zero-order valence-corrected chi connectivity index (χ0v) is 16.1. The Hall–Kier alpha value is 0.830. The lowest BCUT2D eigenvalue weighted by atomic mass is 10.2. The highest BCUT2D eigenvalue weighted by atomic mass is 127. The van der Waals surface area contributed by atoms with Crippen LogP contribution in [-0.4, -0.2) is 19.6 Å². The standard InChI is InChI=1S/C10H8I3NO3S/c11-5-3-7(9(13)8(12)4-5)10(15)14-18(16,17)6-1-2-6/h3-4,6H,1-2H2,(H,14,15)/p-1. The Morgan fingerprint density at radius 2 is 1.89 bits per heavy atom. The minimum Gasteiger partial charge on any atom is -0.858 e. The van der Waals surface area contributed by atoms with Crippen LogP contribution in [0.2, 0.25) is 0 Å². The fraction of sp³-hybridized carbons (Fsp3) is 0.300. The normalized spacial score (nSPS) is 16.9. The van der Waals surface area contributed by atoms with Gasteiger partial charge in [0.25, 0.3) is 10.0 Å². The summed E-state index contributed by atoms with van der Waals surface area (Å²) in [7, 11) is -3.61. The smallest absolute Gasteiger partial charge is 0.255 e. The van der Waals surface area contributed by atoms with Gasteiger partial charge in [0.15, 0.2) is 0 Å². The van der Waals surface area contributed by atoms with Gasteiger partial charge in [-0.2, -0.15) is 4.40 Å². The lowest BCUT2D eigenvalue weighted by Crippen LogP contribution is -2.23. The van der Waals surface area contributed by atoms with Gasteiger partial charge in [-0.15, -0.1) is 0 Å². The lowest BCUT2D eigenvalue weighted by molar-refractivity contribution is -0.212. The first kappa shape index (κ1) is 15.2. The fourth-order valence-corrected chi connectivity index (χ4v) is 4.91. The molecule has 0 N–H and O–H groups in total. The Labute approximate surface area is 146 Å². The van der Waals surface area contributed by atoms with Crippen LogP contribution in [0, 0.1) is 10.7 Å². The Morgan fingerprint density at radius 3 is 2.44 bits per heavy atom. The predicted octanol–water partition coefficient (Wildman–Crippen LogP) is 2.10. The largest absolute Gasteiger partial charge is 0.858 e. The molecule has 18 heavy (non-hydrogen) atoms. The van der Waals surface area contributed by atoms with E-state index in [0.29, 0.717) is 18.4 Å². The summed E-state index contributed by atoms with van der Waals surface area (Å²) in [6.45, 7) is 0. The number of halogens is 3. The highest BCUT2D eigenvalue weighted by Crippen LogP contribution is 2.30. The molecule has 1 fully saturated rings. The van der Waals surface area contributed by atoms with Gasteiger partial charge in [-0.05, 0) is 92.7 Å². The molecule has 0 aliphatic heterocycles. The van der Waals surface area contributed by atoms with Gasteiger partial charge in [0.05, 0.1) is 5.25 Å². The zero-order chi connectivity index (χ0) is 13.5. The molecule has 0 radical (unpaired) electrons. The second-order valence-electron chi connectivity index (χ2n) is 3.86. The molecule has 0 atom stereocenters. The van der Waals surface area contributed by atoms with E-state index in [1.807, 2.05) is 28.7 Å². The number of nitrogens with zero attached hydrogens (tertiary/aromatic N) is 1. The molecule has 0 heterocycles. The van der Waals surface area contributed by atoms with Crippen LogP contribution in [0.3, 0.4) is 0 Å². The number of hydrogen-bond acceptors (Lipinski definition) is 3. The van der Waals surface area contributed by atoms with Crippen molar-refractivity contribution < 1.29 is 13.5 Å². The van der Waals surface area contributed by atoms with Crippen LogP contribution < -0.4 is 5.11 Å². The van der Waals surface area contributed by atoms with Crippen molar-refractivity contribution in [1.29, 1.82) is 0 Å². The van der Waals surface area contributed by atoms with Gasteiger partial charge < -0.3 is 5.11 Å². The van der Waals surface area contributed by atoms with Gasteiger partial charge >= 0.3 is 0 Å². The summed E-state index contributed by atoms with van der Waals surface area (Å²) < 4.78 is 29.3. The molecule has 1 aliphatic carbocycles. The molecule has 0 unspecified atom stereocenters. The summed E-state index contributed by atoms with van der Waals surface area (Å²) in [5, 5.41) is 11.5. The predicted molar refractivity (Wildman–Crippen MR) is 93.1 cm³/mol. The van der Waals surface area contributed by atoms with E-state index in [1.54, 1.807) is 6.07 Å². The van der Waals surface area contributed by atoms with Crippen molar-refractivity contribution in [3.8, 4) is 0 Å². The quantitative estimate of drug-likeness (QED) is 0.231. The molecule has 0 saturated heterocycles. The van der Waals surface area contributed by atoms with Crippen LogP contribution in [0.25, 0.3) is 0 Å². The molecule has 98 valence electrons. The average Bonchev–Trinajstić information content (AvgIpc) is 3.06. The third kappa shape index (κ3) is 3.48. The van der Waals surface area contributed by atoms with Crippen molar-refractivity contribution in [2.45, 2.75) is 18.1 Å². The van der Waals surface area contributed by atoms with E-state index < -0.39 is 21.2 Å². The first-order valence-electron chi connectivity index (χ1n) is 4.97. The molecule has 0 amide bonds. The van der Waals surface area contributed by atoms with Crippen LogP contribution >= 0.6 is 67.8 Å². The number of rotatable bonds is 3. The molecule has 1 aromatic rings. The van der Waals surface area contributed by atoms with E-state index in [9.17, 15) is 13.5 Å². The minimum absolute atomic E-state index is 0.358. The van der Waals surface area contributed by atoms with Crippen molar-refractivity contribution in [2.75, 3.05) is 0 Å². The van der Waals surface area contributed by atoms with Gasteiger partial charge in [0, 0.05) is 22.2 Å². The molecular formula is C10H7I3NO3S-. The third-order valence-electron chi connectivity index (χ3n) is 2.38. The van der Waals surface area contributed by atoms with Crippen LogP contribution in [0.4, 0.5) is 0 Å². The second-order valence-corrected chi connectivity index (χ2v) is 9.23. The molecule has 2 rings (SSSR count). The summed E-state index contributed by atoms with van der Waals surface area (Å²) in [5.41, 5.74) is 0.358. The van der Waals surface area contributed by atoms with Crippen LogP contribution in [-0.2, 0) is 10.0 Å². The summed E-state index contributed by atoms with van der Waals surface area (Å²) in [4.78, 5) is 0. The molecule has 1 aromatic carbocycles. The van der Waals surface area contributed by atoms with Crippen molar-refractivity contribution in [2.24, 2.45) is 4.40 Å². The summed E-state index contributed by atoms with van der Waals surface area (Å²) >= 11 is 6.24. The summed E-state index contributed by atoms with van der Waals surface area (Å²) in [6, 6.07) is 3.59. The fourth-order valence-electron chi connectivity index (χ4n) is 1.32. The first-order valence-corrected chi connectivity index (χ1v) is 9.71.